The second kappa shape index (κ2) is 9.33. The lowest BCUT2D eigenvalue weighted by Gasteiger charge is -2.18. The number of rotatable bonds is 3. The number of nitrogen functional groups attached to an aromatic ring is 1. The maximum Gasteiger partial charge on any atom is 0.492 e. The van der Waals surface area contributed by atoms with Gasteiger partial charge in [0.2, 0.25) is 0 Å². The highest BCUT2D eigenvalue weighted by Gasteiger charge is 2.30. The molecule has 0 aliphatic rings. The van der Waals surface area contributed by atoms with E-state index in [1.165, 1.54) is 6.07 Å². The summed E-state index contributed by atoms with van der Waals surface area (Å²) < 4.78 is 44.6. The molecule has 0 amide bonds. The van der Waals surface area contributed by atoms with Crippen LogP contribution < -0.4 is 10.5 Å². The van der Waals surface area contributed by atoms with Crippen molar-refractivity contribution in [3.8, 4) is 11.5 Å². The molecule has 2 aromatic carbocycles. The van der Waals surface area contributed by atoms with Crippen molar-refractivity contribution in [2.45, 2.75) is 47.3 Å². The number of anilines is 1. The summed E-state index contributed by atoms with van der Waals surface area (Å²) in [5, 5.41) is 26.3. The number of aryl methyl sites for hydroxylation is 1. The maximum absolute atomic E-state index is 13.9. The molecule has 0 heterocycles. The van der Waals surface area contributed by atoms with Gasteiger partial charge in [0.1, 0.15) is 11.6 Å². The molecule has 0 aliphatic carbocycles. The third-order valence-corrected chi connectivity index (χ3v) is 2.96. The number of phenolic OH excluding ortho intramolecular Hbond substituents is 1. The highest BCUT2D eigenvalue weighted by atomic mass is 19.2. The fourth-order valence-corrected chi connectivity index (χ4v) is 2.12. The van der Waals surface area contributed by atoms with Crippen molar-refractivity contribution in [3.63, 3.8) is 0 Å². The summed E-state index contributed by atoms with van der Waals surface area (Å²) in [5.74, 6) is -4.12. The van der Waals surface area contributed by atoms with Gasteiger partial charge in [-0.2, -0.15) is 0 Å². The lowest BCUT2D eigenvalue weighted by atomic mass is 9.99. The number of aromatic hydroxyl groups is 1. The lowest BCUT2D eigenvalue weighted by molar-refractivity contribution is -0.375. The predicted molar refractivity (Wildman–Crippen MR) is 90.9 cm³/mol. The topological polar surface area (TPSA) is 95.9 Å². The van der Waals surface area contributed by atoms with E-state index < -0.39 is 34.7 Å². The van der Waals surface area contributed by atoms with Gasteiger partial charge in [-0.25, -0.2) is 8.78 Å². The highest BCUT2D eigenvalue weighted by molar-refractivity contribution is 5.99. The van der Waals surface area contributed by atoms with Gasteiger partial charge in [-0.3, -0.25) is 0 Å². The first-order valence-electron chi connectivity index (χ1n) is 7.90. The number of alkyl halides is 1. The van der Waals surface area contributed by atoms with E-state index >= 15 is 0 Å². The van der Waals surface area contributed by atoms with Crippen molar-refractivity contribution >= 4 is 16.5 Å². The zero-order valence-electron chi connectivity index (χ0n) is 14.8. The van der Waals surface area contributed by atoms with Gasteiger partial charge in [-0.1, -0.05) is 34.6 Å². The molecule has 5 N–H and O–H groups in total. The number of hydrogen-bond acceptors (Lipinski definition) is 5. The Labute approximate surface area is 144 Å². The number of nitrogens with two attached hydrogens (primary N) is 1. The largest absolute Gasteiger partial charge is 0.505 e. The minimum atomic E-state index is -4.16. The second-order valence-corrected chi connectivity index (χ2v) is 4.38. The van der Waals surface area contributed by atoms with Gasteiger partial charge in [-0.05, 0) is 18.1 Å². The van der Waals surface area contributed by atoms with Gasteiger partial charge in [0.15, 0.2) is 11.6 Å². The molecule has 0 aromatic heterocycles. The van der Waals surface area contributed by atoms with Crippen molar-refractivity contribution in [3.05, 3.63) is 29.3 Å². The molecule has 0 saturated carbocycles. The molecule has 0 radical (unpaired) electrons. The van der Waals surface area contributed by atoms with Gasteiger partial charge in [0.25, 0.3) is 0 Å². The average Bonchev–Trinajstić information content (AvgIpc) is 2.56. The van der Waals surface area contributed by atoms with E-state index in [1.807, 2.05) is 27.7 Å². The molecule has 0 atom stereocenters. The van der Waals surface area contributed by atoms with Crippen molar-refractivity contribution in [2.75, 3.05) is 5.73 Å². The van der Waals surface area contributed by atoms with Crippen LogP contribution in [-0.4, -0.2) is 21.5 Å². The molecular formula is C17H24F3NO4. The Hall–Kier alpha value is -2.19. The number of fused-ring (bicyclic) bond motifs is 1. The van der Waals surface area contributed by atoms with Crippen LogP contribution in [0.25, 0.3) is 10.8 Å². The van der Waals surface area contributed by atoms with E-state index in [-0.39, 0.29) is 23.1 Å². The summed E-state index contributed by atoms with van der Waals surface area (Å²) in [6, 6.07) is 1.56. The Morgan fingerprint density at radius 3 is 2.00 bits per heavy atom. The molecule has 2 aromatic rings. The monoisotopic (exact) mass is 363 g/mol. The van der Waals surface area contributed by atoms with Gasteiger partial charge < -0.3 is 25.8 Å². The Morgan fingerprint density at radius 2 is 1.56 bits per heavy atom. The van der Waals surface area contributed by atoms with Crippen LogP contribution in [0, 0.1) is 11.6 Å². The first-order chi connectivity index (χ1) is 11.7. The quantitative estimate of drug-likeness (QED) is 0.376. The number of benzene rings is 2. The first-order valence-corrected chi connectivity index (χ1v) is 7.90. The third-order valence-electron chi connectivity index (χ3n) is 2.96. The molecule has 2 rings (SSSR count). The number of phenols is 1. The summed E-state index contributed by atoms with van der Waals surface area (Å²) in [6.45, 7) is 9.62. The maximum atomic E-state index is 13.9. The summed E-state index contributed by atoms with van der Waals surface area (Å²) >= 11 is 0. The molecule has 0 saturated heterocycles. The van der Waals surface area contributed by atoms with Crippen molar-refractivity contribution in [1.29, 1.82) is 0 Å². The Bertz CT molecular complexity index is 716. The number of hydrogen-bond donors (Lipinski definition) is 4. The number of ether oxygens (including phenoxy) is 1. The van der Waals surface area contributed by atoms with Crippen LogP contribution in [0.5, 0.6) is 11.5 Å². The normalized spacial score (nSPS) is 10.5. The van der Waals surface area contributed by atoms with Gasteiger partial charge in [0.05, 0.1) is 11.1 Å². The standard InChI is InChI=1S/C13H12F3NO4.2C2H6/c1-2-5-3-8(17)11(18)10-6(14)4-7(15)12(9(5)10)21-13(16,19)20;2*1-2/h3-4,18-20H,2,17H2,1H3;2*1-2H3. The van der Waals surface area contributed by atoms with Gasteiger partial charge in [0, 0.05) is 11.5 Å². The van der Waals surface area contributed by atoms with Crippen LogP contribution in [0.1, 0.15) is 40.2 Å². The first kappa shape index (κ1) is 22.8. The van der Waals surface area contributed by atoms with Gasteiger partial charge >= 0.3 is 6.23 Å². The second-order valence-electron chi connectivity index (χ2n) is 4.38. The Morgan fingerprint density at radius 1 is 1.04 bits per heavy atom. The summed E-state index contributed by atoms with van der Waals surface area (Å²) in [7, 11) is 0. The molecule has 25 heavy (non-hydrogen) atoms. The number of halogens is 3. The number of aliphatic hydroxyl groups is 2. The summed E-state index contributed by atoms with van der Waals surface area (Å²) in [5.41, 5.74) is 5.60. The fourth-order valence-electron chi connectivity index (χ4n) is 2.12. The van der Waals surface area contributed by atoms with E-state index in [4.69, 9.17) is 15.9 Å². The molecule has 0 fully saturated rings. The van der Waals surface area contributed by atoms with Crippen LogP contribution >= 0.6 is 0 Å². The molecule has 5 nitrogen and oxygen atoms in total. The molecule has 0 spiro atoms. The summed E-state index contributed by atoms with van der Waals surface area (Å²) in [4.78, 5) is 0. The molecular weight excluding hydrogens is 339 g/mol. The SMILES string of the molecule is CC.CC.CCc1cc(N)c(O)c2c(F)cc(F)c(OC(O)(O)F)c12. The highest BCUT2D eigenvalue weighted by Crippen LogP contribution is 2.42. The third kappa shape index (κ3) is 5.14. The van der Waals surface area contributed by atoms with Crippen LogP contribution in [0.3, 0.4) is 0 Å². The van der Waals surface area contributed by atoms with Gasteiger partial charge in [-0.15, -0.1) is 4.39 Å². The average molecular weight is 363 g/mol. The Balaban J connectivity index is 0.00000134. The van der Waals surface area contributed by atoms with Crippen molar-refractivity contribution < 1.29 is 33.2 Å². The molecule has 8 heteroatoms. The Kier molecular flexibility index (Phi) is 8.52. The molecule has 142 valence electrons. The lowest BCUT2D eigenvalue weighted by Crippen LogP contribution is -2.29. The van der Waals surface area contributed by atoms with E-state index in [9.17, 15) is 18.3 Å². The summed E-state index contributed by atoms with van der Waals surface area (Å²) in [6.07, 6.45) is -3.94. The molecule has 0 aliphatic heterocycles. The van der Waals surface area contributed by atoms with Crippen LogP contribution in [0.4, 0.5) is 18.9 Å². The van der Waals surface area contributed by atoms with E-state index in [0.717, 1.165) is 0 Å². The zero-order valence-corrected chi connectivity index (χ0v) is 14.8. The molecule has 0 bridgehead atoms. The van der Waals surface area contributed by atoms with Crippen LogP contribution in [0.15, 0.2) is 12.1 Å². The van der Waals surface area contributed by atoms with E-state index in [0.29, 0.717) is 6.07 Å². The minimum Gasteiger partial charge on any atom is -0.505 e. The fraction of sp³-hybridized carbons (Fsp3) is 0.412. The predicted octanol–water partition coefficient (Wildman–Crippen LogP) is 3.96. The van der Waals surface area contributed by atoms with Crippen molar-refractivity contribution in [2.24, 2.45) is 0 Å². The van der Waals surface area contributed by atoms with Crippen LogP contribution in [-0.2, 0) is 6.42 Å². The minimum absolute atomic E-state index is 0.157. The smallest absolute Gasteiger partial charge is 0.492 e. The van der Waals surface area contributed by atoms with Crippen molar-refractivity contribution in [1.82, 2.24) is 0 Å². The van der Waals surface area contributed by atoms with E-state index in [2.05, 4.69) is 4.74 Å². The zero-order chi connectivity index (χ0) is 19.9. The molecule has 0 unspecified atom stereocenters. The van der Waals surface area contributed by atoms with Crippen LogP contribution in [0.2, 0.25) is 0 Å². The van der Waals surface area contributed by atoms with E-state index in [1.54, 1.807) is 6.92 Å².